The predicted octanol–water partition coefficient (Wildman–Crippen LogP) is 3.96. The van der Waals surface area contributed by atoms with Crippen LogP contribution in [0.25, 0.3) is 11.1 Å². The Morgan fingerprint density at radius 2 is 2.11 bits per heavy atom. The summed E-state index contributed by atoms with van der Waals surface area (Å²) in [5, 5.41) is 6.33. The van der Waals surface area contributed by atoms with Crippen molar-refractivity contribution in [1.29, 1.82) is 0 Å². The third kappa shape index (κ3) is 3.35. The lowest BCUT2D eigenvalue weighted by Gasteiger charge is -2.19. The molecule has 1 saturated heterocycles. The monoisotopic (exact) mass is 383 g/mol. The van der Waals surface area contributed by atoms with Gasteiger partial charge in [0.05, 0.1) is 19.0 Å². The SMILES string of the molecule is COc1cccc(CC2CCN(c3cc(F)c(-c4cn[nH]c4)cc3F)C2=O)c1. The number of rotatable bonds is 5. The number of carbonyl (C=O) groups is 1. The summed E-state index contributed by atoms with van der Waals surface area (Å²) in [5.41, 5.74) is 1.51. The predicted molar refractivity (Wildman–Crippen MR) is 101 cm³/mol. The molecule has 1 fully saturated rings. The lowest BCUT2D eigenvalue weighted by molar-refractivity contribution is -0.120. The Kier molecular flexibility index (Phi) is 4.81. The summed E-state index contributed by atoms with van der Waals surface area (Å²) in [6.45, 7) is 0.356. The molecule has 7 heteroatoms. The van der Waals surface area contributed by atoms with E-state index in [0.29, 0.717) is 24.9 Å². The molecule has 2 aromatic carbocycles. The Labute approximate surface area is 160 Å². The van der Waals surface area contributed by atoms with Crippen molar-refractivity contribution in [3.63, 3.8) is 0 Å². The summed E-state index contributed by atoms with van der Waals surface area (Å²) in [6.07, 6.45) is 4.02. The van der Waals surface area contributed by atoms with E-state index >= 15 is 0 Å². The minimum absolute atomic E-state index is 0.0251. The van der Waals surface area contributed by atoms with Gasteiger partial charge in [-0.15, -0.1) is 0 Å². The standard InChI is InChI=1S/C21H19F2N3O2/c1-28-16-4-2-3-13(8-16)7-14-5-6-26(21(14)27)20-10-18(22)17(9-19(20)23)15-11-24-25-12-15/h2-4,8-12,14H,5-7H2,1H3,(H,24,25). The first-order chi connectivity index (χ1) is 13.6. The van der Waals surface area contributed by atoms with Crippen molar-refractivity contribution in [1.82, 2.24) is 10.2 Å². The number of anilines is 1. The van der Waals surface area contributed by atoms with Crippen LogP contribution in [0, 0.1) is 17.6 Å². The summed E-state index contributed by atoms with van der Waals surface area (Å²) in [4.78, 5) is 14.2. The van der Waals surface area contributed by atoms with Crippen LogP contribution in [0.3, 0.4) is 0 Å². The molecule has 1 amide bonds. The van der Waals surface area contributed by atoms with Gasteiger partial charge in [-0.25, -0.2) is 8.78 Å². The molecular formula is C21H19F2N3O2. The minimum atomic E-state index is -0.631. The Hall–Kier alpha value is -3.22. The number of aromatic amines is 1. The van der Waals surface area contributed by atoms with Crippen LogP contribution in [0.2, 0.25) is 0 Å². The molecule has 1 aliphatic heterocycles. The normalized spacial score (nSPS) is 16.6. The smallest absolute Gasteiger partial charge is 0.230 e. The van der Waals surface area contributed by atoms with Crippen molar-refractivity contribution in [2.75, 3.05) is 18.6 Å². The van der Waals surface area contributed by atoms with Crippen LogP contribution in [-0.4, -0.2) is 29.8 Å². The fourth-order valence-electron chi connectivity index (χ4n) is 3.61. The van der Waals surface area contributed by atoms with Gasteiger partial charge in [0.25, 0.3) is 0 Å². The first-order valence-corrected chi connectivity index (χ1v) is 8.99. The zero-order valence-corrected chi connectivity index (χ0v) is 15.3. The molecule has 1 atom stereocenters. The van der Waals surface area contributed by atoms with Gasteiger partial charge in [-0.1, -0.05) is 12.1 Å². The molecule has 1 aromatic heterocycles. The van der Waals surface area contributed by atoms with E-state index in [2.05, 4.69) is 10.2 Å². The molecule has 144 valence electrons. The topological polar surface area (TPSA) is 58.2 Å². The number of amides is 1. The molecule has 3 aromatic rings. The van der Waals surface area contributed by atoms with Crippen molar-refractivity contribution in [2.45, 2.75) is 12.8 Å². The van der Waals surface area contributed by atoms with Gasteiger partial charge in [0.15, 0.2) is 0 Å². The number of H-pyrrole nitrogens is 1. The maximum absolute atomic E-state index is 14.7. The minimum Gasteiger partial charge on any atom is -0.497 e. The second kappa shape index (κ2) is 7.42. The van der Waals surface area contributed by atoms with E-state index < -0.39 is 11.6 Å². The fraction of sp³-hybridized carbons (Fsp3) is 0.238. The molecule has 0 saturated carbocycles. The van der Waals surface area contributed by atoms with Gasteiger partial charge in [-0.2, -0.15) is 5.10 Å². The molecule has 28 heavy (non-hydrogen) atoms. The van der Waals surface area contributed by atoms with Gasteiger partial charge in [-0.05, 0) is 36.6 Å². The van der Waals surface area contributed by atoms with E-state index in [1.54, 1.807) is 7.11 Å². The zero-order valence-electron chi connectivity index (χ0n) is 15.3. The number of hydrogen-bond acceptors (Lipinski definition) is 3. The molecule has 1 unspecified atom stereocenters. The average Bonchev–Trinajstić information content (AvgIpc) is 3.35. The zero-order chi connectivity index (χ0) is 19.7. The fourth-order valence-corrected chi connectivity index (χ4v) is 3.61. The number of halogens is 2. The van der Waals surface area contributed by atoms with Crippen molar-refractivity contribution >= 4 is 11.6 Å². The molecule has 1 aliphatic rings. The number of nitrogens with zero attached hydrogens (tertiary/aromatic N) is 2. The van der Waals surface area contributed by atoms with Gasteiger partial charge in [0, 0.05) is 35.9 Å². The number of methoxy groups -OCH3 is 1. The number of nitrogens with one attached hydrogen (secondary N) is 1. The first kappa shape index (κ1) is 18.2. The van der Waals surface area contributed by atoms with Crippen LogP contribution >= 0.6 is 0 Å². The van der Waals surface area contributed by atoms with Gasteiger partial charge < -0.3 is 9.64 Å². The lowest BCUT2D eigenvalue weighted by Crippen LogP contribution is -2.28. The van der Waals surface area contributed by atoms with Crippen LogP contribution in [0.4, 0.5) is 14.5 Å². The Balaban J connectivity index is 1.56. The average molecular weight is 383 g/mol. The summed E-state index contributed by atoms with van der Waals surface area (Å²) in [5.74, 6) is -0.974. The molecule has 2 heterocycles. The first-order valence-electron chi connectivity index (χ1n) is 8.99. The molecule has 0 bridgehead atoms. The lowest BCUT2D eigenvalue weighted by atomic mass is 9.98. The molecule has 5 nitrogen and oxygen atoms in total. The highest BCUT2D eigenvalue weighted by Gasteiger charge is 2.34. The Bertz CT molecular complexity index is 1000. The highest BCUT2D eigenvalue weighted by Crippen LogP contribution is 2.33. The number of ether oxygens (including phenoxy) is 1. The maximum Gasteiger partial charge on any atom is 0.230 e. The third-order valence-corrected chi connectivity index (χ3v) is 5.07. The quantitative estimate of drug-likeness (QED) is 0.726. The van der Waals surface area contributed by atoms with Gasteiger partial charge >= 0.3 is 0 Å². The van der Waals surface area contributed by atoms with E-state index in [9.17, 15) is 13.6 Å². The molecule has 0 spiro atoms. The summed E-state index contributed by atoms with van der Waals surface area (Å²) in [7, 11) is 1.59. The van der Waals surface area contributed by atoms with Gasteiger partial charge in [0.2, 0.25) is 5.91 Å². The Morgan fingerprint density at radius 1 is 1.25 bits per heavy atom. The van der Waals surface area contributed by atoms with Crippen molar-refractivity contribution in [3.05, 3.63) is 66.0 Å². The van der Waals surface area contributed by atoms with Crippen LogP contribution in [0.15, 0.2) is 48.8 Å². The van der Waals surface area contributed by atoms with E-state index in [0.717, 1.165) is 23.4 Å². The number of carbonyl (C=O) groups excluding carboxylic acids is 1. The van der Waals surface area contributed by atoms with Crippen LogP contribution < -0.4 is 9.64 Å². The summed E-state index contributed by atoms with van der Waals surface area (Å²) >= 11 is 0. The second-order valence-electron chi connectivity index (χ2n) is 6.80. The molecule has 0 aliphatic carbocycles. The van der Waals surface area contributed by atoms with Crippen molar-refractivity contribution in [2.24, 2.45) is 5.92 Å². The van der Waals surface area contributed by atoms with E-state index in [4.69, 9.17) is 4.74 Å². The van der Waals surface area contributed by atoms with E-state index in [1.807, 2.05) is 24.3 Å². The van der Waals surface area contributed by atoms with E-state index in [1.165, 1.54) is 17.3 Å². The van der Waals surface area contributed by atoms with Crippen LogP contribution in [0.1, 0.15) is 12.0 Å². The summed E-state index contributed by atoms with van der Waals surface area (Å²) < 4.78 is 34.4. The number of benzene rings is 2. The van der Waals surface area contributed by atoms with Gasteiger partial charge in [-0.3, -0.25) is 9.89 Å². The number of hydrogen-bond donors (Lipinski definition) is 1. The number of aromatic nitrogens is 2. The van der Waals surface area contributed by atoms with E-state index in [-0.39, 0.29) is 23.1 Å². The highest BCUT2D eigenvalue weighted by molar-refractivity contribution is 5.97. The molecule has 1 N–H and O–H groups in total. The van der Waals surface area contributed by atoms with Gasteiger partial charge in [0.1, 0.15) is 17.4 Å². The summed E-state index contributed by atoms with van der Waals surface area (Å²) in [6, 6.07) is 9.72. The molecule has 4 rings (SSSR count). The van der Waals surface area contributed by atoms with Crippen LogP contribution in [0.5, 0.6) is 5.75 Å². The maximum atomic E-state index is 14.7. The highest BCUT2D eigenvalue weighted by atomic mass is 19.1. The Morgan fingerprint density at radius 3 is 2.86 bits per heavy atom. The third-order valence-electron chi connectivity index (χ3n) is 5.07. The van der Waals surface area contributed by atoms with Crippen molar-refractivity contribution < 1.29 is 18.3 Å². The second-order valence-corrected chi connectivity index (χ2v) is 6.80. The molecular weight excluding hydrogens is 364 g/mol. The van der Waals surface area contributed by atoms with Crippen molar-refractivity contribution in [3.8, 4) is 16.9 Å². The largest absolute Gasteiger partial charge is 0.497 e. The molecule has 0 radical (unpaired) electrons. The van der Waals surface area contributed by atoms with Crippen LogP contribution in [-0.2, 0) is 11.2 Å².